The van der Waals surface area contributed by atoms with Crippen molar-refractivity contribution in [1.82, 2.24) is 9.97 Å². The van der Waals surface area contributed by atoms with Crippen LogP contribution in [0.4, 0.5) is 11.6 Å². The first kappa shape index (κ1) is 13.7. The van der Waals surface area contributed by atoms with Crippen LogP contribution in [0.1, 0.15) is 39.4 Å². The highest BCUT2D eigenvalue weighted by Gasteiger charge is 2.11. The molecule has 1 unspecified atom stereocenters. The average molecular weight is 236 g/mol. The fraction of sp³-hybridized carbons (Fsp3) is 0.692. The zero-order chi connectivity index (χ0) is 12.8. The highest BCUT2D eigenvalue weighted by Crippen LogP contribution is 2.18. The number of aryl methyl sites for hydroxylation is 1. The van der Waals surface area contributed by atoms with Crippen LogP contribution in [0, 0.1) is 0 Å². The monoisotopic (exact) mass is 236 g/mol. The zero-order valence-corrected chi connectivity index (χ0v) is 11.6. The molecule has 0 saturated heterocycles. The molecule has 1 heterocycles. The second-order valence-corrected chi connectivity index (χ2v) is 4.40. The molecule has 0 radical (unpaired) electrons. The summed E-state index contributed by atoms with van der Waals surface area (Å²) in [5.74, 6) is 2.82. The number of rotatable bonds is 6. The van der Waals surface area contributed by atoms with Crippen LogP contribution in [0.5, 0.6) is 0 Å². The Kier molecular flexibility index (Phi) is 5.19. The van der Waals surface area contributed by atoms with Crippen LogP contribution in [0.15, 0.2) is 6.07 Å². The van der Waals surface area contributed by atoms with Gasteiger partial charge in [0.15, 0.2) is 0 Å². The first-order valence-corrected chi connectivity index (χ1v) is 6.40. The molecule has 96 valence electrons. The number of nitrogens with zero attached hydrogens (tertiary/aromatic N) is 3. The Morgan fingerprint density at radius 2 is 2.06 bits per heavy atom. The highest BCUT2D eigenvalue weighted by atomic mass is 15.2. The van der Waals surface area contributed by atoms with Gasteiger partial charge in [0.25, 0.3) is 0 Å². The minimum atomic E-state index is 0.490. The Morgan fingerprint density at radius 3 is 2.59 bits per heavy atom. The maximum Gasteiger partial charge on any atom is 0.134 e. The van der Waals surface area contributed by atoms with E-state index in [1.807, 2.05) is 13.1 Å². The summed E-state index contributed by atoms with van der Waals surface area (Å²) in [6.45, 7) is 6.54. The molecular formula is C13H24N4. The molecule has 1 aromatic rings. The normalized spacial score (nSPS) is 12.3. The first-order chi connectivity index (χ1) is 8.12. The molecule has 0 bridgehead atoms. The Hall–Kier alpha value is -1.32. The molecule has 0 aliphatic carbocycles. The van der Waals surface area contributed by atoms with Gasteiger partial charge in [0.05, 0.1) is 0 Å². The van der Waals surface area contributed by atoms with E-state index in [0.717, 1.165) is 36.7 Å². The lowest BCUT2D eigenvalue weighted by Gasteiger charge is -2.25. The average Bonchev–Trinajstić information content (AvgIpc) is 2.36. The largest absolute Gasteiger partial charge is 0.373 e. The van der Waals surface area contributed by atoms with Crippen LogP contribution in [-0.4, -0.2) is 30.1 Å². The third-order valence-electron chi connectivity index (χ3n) is 3.10. The topological polar surface area (TPSA) is 41.1 Å². The van der Waals surface area contributed by atoms with Gasteiger partial charge < -0.3 is 10.2 Å². The Balaban J connectivity index is 3.01. The predicted octanol–water partition coefficient (Wildman–Crippen LogP) is 2.71. The number of hydrogen-bond acceptors (Lipinski definition) is 4. The summed E-state index contributed by atoms with van der Waals surface area (Å²) in [5, 5.41) is 3.10. The SMILES string of the molecule is CCCc1nc(NC)cc(N(C)C(C)CC)n1. The van der Waals surface area contributed by atoms with E-state index in [0.29, 0.717) is 6.04 Å². The first-order valence-electron chi connectivity index (χ1n) is 6.40. The molecule has 1 aromatic heterocycles. The van der Waals surface area contributed by atoms with Crippen molar-refractivity contribution in [2.24, 2.45) is 0 Å². The van der Waals surface area contributed by atoms with Crippen molar-refractivity contribution in [1.29, 1.82) is 0 Å². The number of aromatic nitrogens is 2. The molecule has 0 amide bonds. The third-order valence-corrected chi connectivity index (χ3v) is 3.10. The molecule has 0 spiro atoms. The second kappa shape index (κ2) is 6.42. The van der Waals surface area contributed by atoms with E-state index in [1.54, 1.807) is 0 Å². The summed E-state index contributed by atoms with van der Waals surface area (Å²) in [7, 11) is 3.98. The van der Waals surface area contributed by atoms with E-state index in [1.165, 1.54) is 0 Å². The van der Waals surface area contributed by atoms with E-state index in [9.17, 15) is 0 Å². The summed E-state index contributed by atoms with van der Waals surface area (Å²) in [5.41, 5.74) is 0. The Labute approximate surface area is 104 Å². The van der Waals surface area contributed by atoms with Crippen LogP contribution < -0.4 is 10.2 Å². The Morgan fingerprint density at radius 1 is 1.35 bits per heavy atom. The fourth-order valence-electron chi connectivity index (χ4n) is 1.63. The van der Waals surface area contributed by atoms with Crippen molar-refractivity contribution in [3.63, 3.8) is 0 Å². The quantitative estimate of drug-likeness (QED) is 0.824. The molecule has 4 heteroatoms. The van der Waals surface area contributed by atoms with Crippen LogP contribution in [0.25, 0.3) is 0 Å². The Bertz CT molecular complexity index is 351. The molecule has 0 saturated carbocycles. The molecule has 0 aliphatic rings. The van der Waals surface area contributed by atoms with Gasteiger partial charge in [0.1, 0.15) is 17.5 Å². The maximum absolute atomic E-state index is 4.61. The van der Waals surface area contributed by atoms with Gasteiger partial charge in [-0.2, -0.15) is 0 Å². The van der Waals surface area contributed by atoms with Crippen LogP contribution in [-0.2, 0) is 6.42 Å². The van der Waals surface area contributed by atoms with Gasteiger partial charge in [-0.1, -0.05) is 13.8 Å². The summed E-state index contributed by atoms with van der Waals surface area (Å²) >= 11 is 0. The molecular weight excluding hydrogens is 212 g/mol. The lowest BCUT2D eigenvalue weighted by molar-refractivity contribution is 0.653. The van der Waals surface area contributed by atoms with E-state index in [4.69, 9.17) is 0 Å². The van der Waals surface area contributed by atoms with E-state index in [2.05, 4.69) is 48.0 Å². The molecule has 4 nitrogen and oxygen atoms in total. The summed E-state index contributed by atoms with van der Waals surface area (Å²) in [6.07, 6.45) is 3.11. The molecule has 1 rings (SSSR count). The molecule has 0 fully saturated rings. The minimum absolute atomic E-state index is 0.490. The molecule has 0 aliphatic heterocycles. The van der Waals surface area contributed by atoms with Crippen molar-refractivity contribution in [3.05, 3.63) is 11.9 Å². The van der Waals surface area contributed by atoms with Crippen molar-refractivity contribution in [2.45, 2.75) is 46.1 Å². The van der Waals surface area contributed by atoms with Crippen LogP contribution in [0.3, 0.4) is 0 Å². The van der Waals surface area contributed by atoms with Gasteiger partial charge in [0, 0.05) is 32.6 Å². The second-order valence-electron chi connectivity index (χ2n) is 4.40. The van der Waals surface area contributed by atoms with Crippen molar-refractivity contribution < 1.29 is 0 Å². The maximum atomic E-state index is 4.61. The lowest BCUT2D eigenvalue weighted by Crippen LogP contribution is -2.29. The standard InChI is InChI=1S/C13H24N4/c1-6-8-11-15-12(14-4)9-13(16-11)17(5)10(3)7-2/h9-10H,6-8H2,1-5H3,(H,14,15,16). The van der Waals surface area contributed by atoms with Crippen molar-refractivity contribution >= 4 is 11.6 Å². The third kappa shape index (κ3) is 3.58. The van der Waals surface area contributed by atoms with Crippen LogP contribution in [0.2, 0.25) is 0 Å². The van der Waals surface area contributed by atoms with Gasteiger partial charge in [-0.3, -0.25) is 0 Å². The number of anilines is 2. The smallest absolute Gasteiger partial charge is 0.134 e. The minimum Gasteiger partial charge on any atom is -0.373 e. The number of hydrogen-bond donors (Lipinski definition) is 1. The number of nitrogens with one attached hydrogen (secondary N) is 1. The van der Waals surface area contributed by atoms with E-state index < -0.39 is 0 Å². The summed E-state index contributed by atoms with van der Waals surface area (Å²) in [4.78, 5) is 11.3. The fourth-order valence-corrected chi connectivity index (χ4v) is 1.63. The van der Waals surface area contributed by atoms with E-state index in [-0.39, 0.29) is 0 Å². The van der Waals surface area contributed by atoms with Crippen LogP contribution >= 0.6 is 0 Å². The molecule has 1 atom stereocenters. The van der Waals surface area contributed by atoms with Gasteiger partial charge in [0.2, 0.25) is 0 Å². The van der Waals surface area contributed by atoms with Crippen molar-refractivity contribution in [3.8, 4) is 0 Å². The van der Waals surface area contributed by atoms with Gasteiger partial charge >= 0.3 is 0 Å². The molecule has 17 heavy (non-hydrogen) atoms. The highest BCUT2D eigenvalue weighted by molar-refractivity contribution is 5.49. The van der Waals surface area contributed by atoms with Gasteiger partial charge in [-0.15, -0.1) is 0 Å². The summed E-state index contributed by atoms with van der Waals surface area (Å²) in [6, 6.07) is 2.50. The summed E-state index contributed by atoms with van der Waals surface area (Å²) < 4.78 is 0. The molecule has 0 aromatic carbocycles. The lowest BCUT2D eigenvalue weighted by atomic mass is 10.2. The molecule has 1 N–H and O–H groups in total. The van der Waals surface area contributed by atoms with Gasteiger partial charge in [-0.25, -0.2) is 9.97 Å². The van der Waals surface area contributed by atoms with Gasteiger partial charge in [-0.05, 0) is 19.8 Å². The van der Waals surface area contributed by atoms with E-state index >= 15 is 0 Å². The van der Waals surface area contributed by atoms with Crippen molar-refractivity contribution in [2.75, 3.05) is 24.3 Å². The predicted molar refractivity (Wildman–Crippen MR) is 73.7 cm³/mol. The zero-order valence-electron chi connectivity index (χ0n) is 11.6.